The van der Waals surface area contributed by atoms with Crippen molar-refractivity contribution in [3.63, 3.8) is 0 Å². The Morgan fingerprint density at radius 1 is 0.880 bits per heavy atom. The van der Waals surface area contributed by atoms with E-state index in [0.717, 1.165) is 45.0 Å². The lowest BCUT2D eigenvalue weighted by Gasteiger charge is -2.42. The van der Waals surface area contributed by atoms with Crippen molar-refractivity contribution in [2.75, 3.05) is 49.5 Å². The van der Waals surface area contributed by atoms with Crippen LogP contribution in [0.3, 0.4) is 0 Å². The predicted molar refractivity (Wildman–Crippen MR) is 104 cm³/mol. The Kier molecular flexibility index (Phi) is 5.52. The van der Waals surface area contributed by atoms with Crippen molar-refractivity contribution in [2.45, 2.75) is 45.6 Å². The van der Waals surface area contributed by atoms with Crippen molar-refractivity contribution in [1.29, 1.82) is 0 Å². The Morgan fingerprint density at radius 2 is 1.48 bits per heavy atom. The molecule has 1 aromatic rings. The molecular formula is C20H32N4O. The van der Waals surface area contributed by atoms with E-state index in [2.05, 4.69) is 48.0 Å². The SMILES string of the molecule is CC(C)(C)N1CCN(C(=O)Nc2ccc(N3CCCCC3)cc2)CC1. The van der Waals surface area contributed by atoms with Crippen LogP contribution in [-0.2, 0) is 0 Å². The Balaban J connectivity index is 1.51. The summed E-state index contributed by atoms with van der Waals surface area (Å²) in [4.78, 5) is 19.3. The van der Waals surface area contributed by atoms with E-state index in [1.54, 1.807) is 0 Å². The van der Waals surface area contributed by atoms with Crippen molar-refractivity contribution < 1.29 is 4.79 Å². The van der Waals surface area contributed by atoms with Crippen molar-refractivity contribution in [3.05, 3.63) is 24.3 Å². The van der Waals surface area contributed by atoms with Crippen LogP contribution in [0, 0.1) is 0 Å². The van der Waals surface area contributed by atoms with Crippen molar-refractivity contribution in [3.8, 4) is 0 Å². The molecule has 5 nitrogen and oxygen atoms in total. The number of anilines is 2. The molecule has 0 aromatic heterocycles. The van der Waals surface area contributed by atoms with Gasteiger partial charge in [0.2, 0.25) is 0 Å². The van der Waals surface area contributed by atoms with Gasteiger partial charge in [0.05, 0.1) is 0 Å². The van der Waals surface area contributed by atoms with Crippen LogP contribution < -0.4 is 10.2 Å². The van der Waals surface area contributed by atoms with E-state index >= 15 is 0 Å². The van der Waals surface area contributed by atoms with Gasteiger partial charge in [-0.05, 0) is 64.3 Å². The molecule has 0 spiro atoms. The van der Waals surface area contributed by atoms with Crippen LogP contribution in [0.2, 0.25) is 0 Å². The smallest absolute Gasteiger partial charge is 0.321 e. The molecule has 2 saturated heterocycles. The van der Waals surface area contributed by atoms with Crippen LogP contribution in [0.1, 0.15) is 40.0 Å². The number of nitrogens with one attached hydrogen (secondary N) is 1. The number of carbonyl (C=O) groups is 1. The fourth-order valence-electron chi connectivity index (χ4n) is 3.69. The molecule has 2 amide bonds. The molecule has 1 aromatic carbocycles. The summed E-state index contributed by atoms with van der Waals surface area (Å²) in [6.45, 7) is 12.4. The second-order valence-corrected chi connectivity index (χ2v) is 8.17. The van der Waals surface area contributed by atoms with Gasteiger partial charge in [-0.2, -0.15) is 0 Å². The van der Waals surface area contributed by atoms with Gasteiger partial charge >= 0.3 is 6.03 Å². The van der Waals surface area contributed by atoms with Crippen LogP contribution >= 0.6 is 0 Å². The Bertz CT molecular complexity index is 564. The van der Waals surface area contributed by atoms with E-state index in [1.165, 1.54) is 24.9 Å². The van der Waals surface area contributed by atoms with Gasteiger partial charge in [0.25, 0.3) is 0 Å². The largest absolute Gasteiger partial charge is 0.372 e. The first-order chi connectivity index (χ1) is 11.9. The molecule has 0 aliphatic carbocycles. The maximum absolute atomic E-state index is 12.5. The third kappa shape index (κ3) is 4.66. The number of hydrogen-bond donors (Lipinski definition) is 1. The molecule has 5 heteroatoms. The quantitative estimate of drug-likeness (QED) is 0.890. The minimum absolute atomic E-state index is 0.0132. The van der Waals surface area contributed by atoms with Crippen molar-refractivity contribution in [2.24, 2.45) is 0 Å². The number of hydrogen-bond acceptors (Lipinski definition) is 3. The zero-order chi connectivity index (χ0) is 17.9. The summed E-state index contributed by atoms with van der Waals surface area (Å²) in [5, 5.41) is 3.05. The zero-order valence-corrected chi connectivity index (χ0v) is 15.9. The summed E-state index contributed by atoms with van der Waals surface area (Å²) in [6, 6.07) is 8.30. The minimum atomic E-state index is 0.0132. The molecule has 0 radical (unpaired) electrons. The summed E-state index contributed by atoms with van der Waals surface area (Å²) in [5.74, 6) is 0. The summed E-state index contributed by atoms with van der Waals surface area (Å²) in [5.41, 5.74) is 2.31. The Morgan fingerprint density at radius 3 is 2.04 bits per heavy atom. The number of benzene rings is 1. The topological polar surface area (TPSA) is 38.8 Å². The van der Waals surface area contributed by atoms with E-state index in [4.69, 9.17) is 0 Å². The number of urea groups is 1. The van der Waals surface area contributed by atoms with Gasteiger partial charge in [-0.25, -0.2) is 4.79 Å². The summed E-state index contributed by atoms with van der Waals surface area (Å²) in [6.07, 6.45) is 3.89. The molecule has 0 saturated carbocycles. The van der Waals surface area contributed by atoms with Crippen LogP contribution in [0.25, 0.3) is 0 Å². The first-order valence-electron chi connectivity index (χ1n) is 9.59. The second kappa shape index (κ2) is 7.65. The molecule has 0 bridgehead atoms. The number of rotatable bonds is 2. The third-order valence-corrected chi connectivity index (χ3v) is 5.36. The van der Waals surface area contributed by atoms with Crippen LogP contribution in [0.4, 0.5) is 16.2 Å². The molecule has 1 N–H and O–H groups in total. The van der Waals surface area contributed by atoms with Crippen LogP contribution in [-0.4, -0.2) is 60.6 Å². The highest BCUT2D eigenvalue weighted by atomic mass is 16.2. The third-order valence-electron chi connectivity index (χ3n) is 5.36. The first-order valence-corrected chi connectivity index (χ1v) is 9.59. The highest BCUT2D eigenvalue weighted by molar-refractivity contribution is 5.89. The molecule has 138 valence electrons. The van der Waals surface area contributed by atoms with Gasteiger partial charge in [-0.3, -0.25) is 4.90 Å². The molecule has 3 rings (SSSR count). The van der Waals surface area contributed by atoms with Gasteiger partial charge in [0, 0.05) is 56.2 Å². The fraction of sp³-hybridized carbons (Fsp3) is 0.650. The van der Waals surface area contributed by atoms with E-state index < -0.39 is 0 Å². The van der Waals surface area contributed by atoms with Gasteiger partial charge in [0.15, 0.2) is 0 Å². The fourth-order valence-corrected chi connectivity index (χ4v) is 3.69. The number of piperazine rings is 1. The summed E-state index contributed by atoms with van der Waals surface area (Å²) >= 11 is 0. The molecule has 2 aliphatic rings. The number of carbonyl (C=O) groups excluding carboxylic acids is 1. The van der Waals surface area contributed by atoms with E-state index in [9.17, 15) is 4.79 Å². The van der Waals surface area contributed by atoms with E-state index in [0.29, 0.717) is 0 Å². The molecule has 2 heterocycles. The number of piperidine rings is 1. The maximum atomic E-state index is 12.5. The average Bonchev–Trinajstić information content (AvgIpc) is 2.62. The maximum Gasteiger partial charge on any atom is 0.321 e. The van der Waals surface area contributed by atoms with Crippen LogP contribution in [0.15, 0.2) is 24.3 Å². The molecular weight excluding hydrogens is 312 g/mol. The summed E-state index contributed by atoms with van der Waals surface area (Å²) in [7, 11) is 0. The van der Waals surface area contributed by atoms with E-state index in [1.807, 2.05) is 17.0 Å². The monoisotopic (exact) mass is 344 g/mol. The van der Waals surface area contributed by atoms with Gasteiger partial charge in [-0.1, -0.05) is 0 Å². The van der Waals surface area contributed by atoms with Crippen molar-refractivity contribution in [1.82, 2.24) is 9.80 Å². The molecule has 0 atom stereocenters. The molecule has 2 aliphatic heterocycles. The van der Waals surface area contributed by atoms with Gasteiger partial charge in [0.1, 0.15) is 0 Å². The lowest BCUT2D eigenvalue weighted by molar-refractivity contribution is 0.0774. The lowest BCUT2D eigenvalue weighted by atomic mass is 10.1. The number of nitrogens with zero attached hydrogens (tertiary/aromatic N) is 3. The molecule has 0 unspecified atom stereocenters. The standard InChI is InChI=1S/C20H32N4O/c1-20(2,3)24-15-13-23(14-16-24)19(25)21-17-7-9-18(10-8-17)22-11-5-4-6-12-22/h7-10H,4-6,11-16H2,1-3H3,(H,21,25). The highest BCUT2D eigenvalue weighted by Gasteiger charge is 2.27. The van der Waals surface area contributed by atoms with Gasteiger partial charge in [-0.15, -0.1) is 0 Å². The zero-order valence-electron chi connectivity index (χ0n) is 15.9. The average molecular weight is 345 g/mol. The first kappa shape index (κ1) is 18.1. The Labute approximate surface area is 152 Å². The predicted octanol–water partition coefficient (Wildman–Crippen LogP) is 3.62. The normalized spacial score (nSPS) is 19.8. The second-order valence-electron chi connectivity index (χ2n) is 8.17. The molecule has 2 fully saturated rings. The Hall–Kier alpha value is -1.75. The summed E-state index contributed by atoms with van der Waals surface area (Å²) < 4.78 is 0. The molecule has 25 heavy (non-hydrogen) atoms. The minimum Gasteiger partial charge on any atom is -0.372 e. The highest BCUT2D eigenvalue weighted by Crippen LogP contribution is 2.22. The number of amides is 2. The lowest BCUT2D eigenvalue weighted by Crippen LogP contribution is -2.55. The van der Waals surface area contributed by atoms with Crippen LogP contribution in [0.5, 0.6) is 0 Å². The van der Waals surface area contributed by atoms with Gasteiger partial charge < -0.3 is 15.1 Å². The van der Waals surface area contributed by atoms with E-state index in [-0.39, 0.29) is 11.6 Å². The van der Waals surface area contributed by atoms with Crippen molar-refractivity contribution >= 4 is 17.4 Å².